The van der Waals surface area contributed by atoms with Gasteiger partial charge >= 0.3 is 0 Å². The van der Waals surface area contributed by atoms with Crippen molar-refractivity contribution in [2.75, 3.05) is 0 Å². The quantitative estimate of drug-likeness (QED) is 0.811. The van der Waals surface area contributed by atoms with Gasteiger partial charge in [-0.05, 0) is 24.5 Å². The van der Waals surface area contributed by atoms with Crippen LogP contribution in [0.1, 0.15) is 30.7 Å². The van der Waals surface area contributed by atoms with Crippen molar-refractivity contribution >= 4 is 11.2 Å². The molecule has 1 aliphatic rings. The third-order valence-electron chi connectivity index (χ3n) is 3.36. The first-order valence-corrected chi connectivity index (χ1v) is 5.63. The monoisotopic (exact) mass is 201 g/mol. The molecule has 2 heterocycles. The average molecular weight is 201 g/mol. The molecular formula is C12H15N3. The van der Waals surface area contributed by atoms with E-state index >= 15 is 0 Å². The van der Waals surface area contributed by atoms with Gasteiger partial charge in [0.1, 0.15) is 5.82 Å². The first kappa shape index (κ1) is 8.89. The molecule has 0 aliphatic heterocycles. The number of nitrogens with zero attached hydrogens (tertiary/aromatic N) is 2. The van der Waals surface area contributed by atoms with Gasteiger partial charge in [0.05, 0.1) is 5.52 Å². The van der Waals surface area contributed by atoms with Crippen LogP contribution < -0.4 is 0 Å². The van der Waals surface area contributed by atoms with Gasteiger partial charge in [0.25, 0.3) is 0 Å². The second-order valence-electron chi connectivity index (χ2n) is 4.51. The number of hydrogen-bond donors (Lipinski definition) is 1. The number of pyridine rings is 1. The third-order valence-corrected chi connectivity index (χ3v) is 3.36. The van der Waals surface area contributed by atoms with Crippen molar-refractivity contribution in [3.63, 3.8) is 0 Å². The van der Waals surface area contributed by atoms with Crippen molar-refractivity contribution in [1.29, 1.82) is 0 Å². The molecule has 3 nitrogen and oxygen atoms in total. The minimum absolute atomic E-state index is 0.853. The van der Waals surface area contributed by atoms with Crippen LogP contribution in [0.25, 0.3) is 11.2 Å². The molecule has 0 unspecified atom stereocenters. The molecule has 0 amide bonds. The van der Waals surface area contributed by atoms with Crippen LogP contribution in [0, 0.1) is 12.8 Å². The number of imidazole rings is 1. The molecule has 0 atom stereocenters. The number of nitrogens with one attached hydrogen (secondary N) is 1. The Labute approximate surface area is 88.9 Å². The van der Waals surface area contributed by atoms with Crippen LogP contribution in [0.2, 0.25) is 0 Å². The second-order valence-corrected chi connectivity index (χ2v) is 4.51. The van der Waals surface area contributed by atoms with Gasteiger partial charge in [-0.2, -0.15) is 0 Å². The molecule has 0 saturated heterocycles. The summed E-state index contributed by atoms with van der Waals surface area (Å²) in [5.41, 5.74) is 3.20. The Bertz CT molecular complexity index is 483. The number of aryl methyl sites for hydroxylation is 1. The minimum Gasteiger partial charge on any atom is -0.340 e. The molecule has 3 rings (SSSR count). The Morgan fingerprint density at radius 2 is 2.33 bits per heavy atom. The summed E-state index contributed by atoms with van der Waals surface area (Å²) in [6.45, 7) is 2.09. The molecule has 0 spiro atoms. The van der Waals surface area contributed by atoms with Gasteiger partial charge in [0.2, 0.25) is 0 Å². The van der Waals surface area contributed by atoms with E-state index in [2.05, 4.69) is 21.9 Å². The third kappa shape index (κ3) is 1.52. The zero-order chi connectivity index (χ0) is 10.3. The topological polar surface area (TPSA) is 41.6 Å². The van der Waals surface area contributed by atoms with E-state index in [1.807, 2.05) is 12.3 Å². The number of aromatic amines is 1. The van der Waals surface area contributed by atoms with Crippen molar-refractivity contribution in [2.45, 2.75) is 32.6 Å². The summed E-state index contributed by atoms with van der Waals surface area (Å²) >= 11 is 0. The van der Waals surface area contributed by atoms with Gasteiger partial charge in [0.15, 0.2) is 5.65 Å². The summed E-state index contributed by atoms with van der Waals surface area (Å²) < 4.78 is 0. The first-order chi connectivity index (χ1) is 7.33. The lowest BCUT2D eigenvalue weighted by atomic mass is 9.83. The first-order valence-electron chi connectivity index (χ1n) is 5.63. The minimum atomic E-state index is 0.853. The highest BCUT2D eigenvalue weighted by Gasteiger charge is 2.19. The maximum atomic E-state index is 4.53. The predicted octanol–water partition coefficient (Wildman–Crippen LogP) is 2.61. The smallest absolute Gasteiger partial charge is 0.177 e. The second kappa shape index (κ2) is 3.33. The number of H-pyrrole nitrogens is 1. The fourth-order valence-electron chi connectivity index (χ4n) is 2.15. The zero-order valence-corrected chi connectivity index (χ0v) is 8.95. The van der Waals surface area contributed by atoms with Crippen molar-refractivity contribution in [2.24, 2.45) is 5.92 Å². The largest absolute Gasteiger partial charge is 0.340 e. The Hall–Kier alpha value is -1.38. The molecule has 1 aliphatic carbocycles. The Morgan fingerprint density at radius 3 is 3.00 bits per heavy atom. The fraction of sp³-hybridized carbons (Fsp3) is 0.500. The molecule has 78 valence electrons. The van der Waals surface area contributed by atoms with Crippen LogP contribution in [-0.2, 0) is 6.42 Å². The summed E-state index contributed by atoms with van der Waals surface area (Å²) in [5, 5.41) is 0. The van der Waals surface area contributed by atoms with E-state index in [1.165, 1.54) is 24.8 Å². The van der Waals surface area contributed by atoms with Crippen molar-refractivity contribution in [3.8, 4) is 0 Å². The lowest BCUT2D eigenvalue weighted by Gasteiger charge is -2.23. The van der Waals surface area contributed by atoms with Crippen LogP contribution in [0.5, 0.6) is 0 Å². The van der Waals surface area contributed by atoms with E-state index in [-0.39, 0.29) is 0 Å². The van der Waals surface area contributed by atoms with Crippen molar-refractivity contribution < 1.29 is 0 Å². The molecule has 0 radical (unpaired) electrons. The molecule has 3 heteroatoms. The molecule has 0 bridgehead atoms. The van der Waals surface area contributed by atoms with Crippen LogP contribution in [-0.4, -0.2) is 15.0 Å². The molecule has 1 saturated carbocycles. The van der Waals surface area contributed by atoms with Gasteiger partial charge in [0, 0.05) is 12.6 Å². The normalized spacial score (nSPS) is 16.9. The summed E-state index contributed by atoms with van der Waals surface area (Å²) in [6, 6.07) is 2.02. The number of hydrogen-bond acceptors (Lipinski definition) is 2. The van der Waals surface area contributed by atoms with E-state index in [4.69, 9.17) is 0 Å². The van der Waals surface area contributed by atoms with Gasteiger partial charge in [-0.3, -0.25) is 0 Å². The lowest BCUT2D eigenvalue weighted by molar-refractivity contribution is 0.310. The van der Waals surface area contributed by atoms with Crippen LogP contribution >= 0.6 is 0 Å². The molecule has 0 aromatic carbocycles. The molecule has 2 aromatic heterocycles. The van der Waals surface area contributed by atoms with Crippen molar-refractivity contribution in [3.05, 3.63) is 23.7 Å². The lowest BCUT2D eigenvalue weighted by Crippen LogP contribution is -2.14. The summed E-state index contributed by atoms with van der Waals surface area (Å²) in [7, 11) is 0. The van der Waals surface area contributed by atoms with Crippen LogP contribution in [0.15, 0.2) is 12.3 Å². The van der Waals surface area contributed by atoms with Gasteiger partial charge in [-0.25, -0.2) is 9.97 Å². The molecule has 2 aromatic rings. The predicted molar refractivity (Wildman–Crippen MR) is 59.7 cm³/mol. The molecule has 15 heavy (non-hydrogen) atoms. The number of aromatic nitrogens is 3. The van der Waals surface area contributed by atoms with Gasteiger partial charge < -0.3 is 4.98 Å². The Morgan fingerprint density at radius 1 is 1.47 bits per heavy atom. The van der Waals surface area contributed by atoms with Gasteiger partial charge in [-0.15, -0.1) is 0 Å². The average Bonchev–Trinajstić information content (AvgIpc) is 2.56. The van der Waals surface area contributed by atoms with Crippen LogP contribution in [0.4, 0.5) is 0 Å². The van der Waals surface area contributed by atoms with E-state index in [0.29, 0.717) is 0 Å². The number of rotatable bonds is 2. The van der Waals surface area contributed by atoms with E-state index in [0.717, 1.165) is 29.3 Å². The summed E-state index contributed by atoms with van der Waals surface area (Å²) in [6.07, 6.45) is 7.04. The maximum absolute atomic E-state index is 4.53. The number of fused-ring (bicyclic) bond motifs is 1. The van der Waals surface area contributed by atoms with Crippen molar-refractivity contribution in [1.82, 2.24) is 15.0 Å². The highest BCUT2D eigenvalue weighted by atomic mass is 15.0. The standard InChI is InChI=1S/C12H15N3/c1-8-5-6-13-12-11(8)14-10(15-12)7-9-3-2-4-9/h5-6,9H,2-4,7H2,1H3,(H,13,14,15). The highest BCUT2D eigenvalue weighted by molar-refractivity contribution is 5.74. The SMILES string of the molecule is Cc1ccnc2nc(CC3CCC3)[nH]c12. The van der Waals surface area contributed by atoms with E-state index < -0.39 is 0 Å². The molecule has 1 N–H and O–H groups in total. The Balaban J connectivity index is 1.95. The molecular weight excluding hydrogens is 186 g/mol. The highest BCUT2D eigenvalue weighted by Crippen LogP contribution is 2.29. The van der Waals surface area contributed by atoms with Crippen LogP contribution in [0.3, 0.4) is 0 Å². The zero-order valence-electron chi connectivity index (χ0n) is 8.95. The van der Waals surface area contributed by atoms with E-state index in [1.54, 1.807) is 0 Å². The fourth-order valence-corrected chi connectivity index (χ4v) is 2.15. The summed E-state index contributed by atoms with van der Waals surface area (Å²) in [5.74, 6) is 1.96. The maximum Gasteiger partial charge on any atom is 0.177 e. The van der Waals surface area contributed by atoms with Gasteiger partial charge in [-0.1, -0.05) is 19.3 Å². The molecule has 1 fully saturated rings. The Kier molecular flexibility index (Phi) is 1.97. The summed E-state index contributed by atoms with van der Waals surface area (Å²) in [4.78, 5) is 12.2. The van der Waals surface area contributed by atoms with E-state index in [9.17, 15) is 0 Å².